The monoisotopic (exact) mass is 297 g/mol. The van der Waals surface area contributed by atoms with Crippen molar-refractivity contribution in [3.05, 3.63) is 10.6 Å². The quantitative estimate of drug-likeness (QED) is 0.840. The molecule has 1 aliphatic rings. The highest BCUT2D eigenvalue weighted by molar-refractivity contribution is 7.15. The molecular formula is C15H27N3OS. The van der Waals surface area contributed by atoms with E-state index in [1.165, 1.54) is 15.7 Å². The molecule has 5 heteroatoms. The molecule has 20 heavy (non-hydrogen) atoms. The standard InChI is InChI=1S/C15H27N3OS/c1-5-6-13-14(9-16-11(2)3)20-15(17-13)18-8-7-12(10-18)19-4/h11-12,16H,5-10H2,1-4H3. The molecule has 0 aliphatic carbocycles. The van der Waals surface area contributed by atoms with Crippen LogP contribution in [0.25, 0.3) is 0 Å². The molecule has 1 saturated heterocycles. The molecule has 1 aromatic rings. The summed E-state index contributed by atoms with van der Waals surface area (Å²) in [4.78, 5) is 8.65. The van der Waals surface area contributed by atoms with Gasteiger partial charge in [-0.15, -0.1) is 11.3 Å². The molecule has 1 aliphatic heterocycles. The minimum absolute atomic E-state index is 0.366. The second-order valence-electron chi connectivity index (χ2n) is 5.74. The third kappa shape index (κ3) is 3.93. The molecule has 1 aromatic heterocycles. The maximum Gasteiger partial charge on any atom is 0.185 e. The van der Waals surface area contributed by atoms with Gasteiger partial charge in [-0.1, -0.05) is 27.2 Å². The van der Waals surface area contributed by atoms with E-state index in [0.29, 0.717) is 12.1 Å². The summed E-state index contributed by atoms with van der Waals surface area (Å²) in [7, 11) is 1.80. The summed E-state index contributed by atoms with van der Waals surface area (Å²) in [6.07, 6.45) is 3.70. The minimum atomic E-state index is 0.366. The van der Waals surface area contributed by atoms with Crippen molar-refractivity contribution in [2.45, 2.75) is 58.7 Å². The Balaban J connectivity index is 2.08. The third-order valence-corrected chi connectivity index (χ3v) is 4.83. The molecule has 1 unspecified atom stereocenters. The van der Waals surface area contributed by atoms with E-state index in [-0.39, 0.29) is 0 Å². The maximum atomic E-state index is 5.45. The van der Waals surface area contributed by atoms with Crippen molar-refractivity contribution < 1.29 is 4.74 Å². The van der Waals surface area contributed by atoms with Crippen LogP contribution in [0, 0.1) is 0 Å². The minimum Gasteiger partial charge on any atom is -0.380 e. The van der Waals surface area contributed by atoms with Crippen LogP contribution in [0.2, 0.25) is 0 Å². The van der Waals surface area contributed by atoms with E-state index in [9.17, 15) is 0 Å². The van der Waals surface area contributed by atoms with Gasteiger partial charge in [-0.05, 0) is 12.8 Å². The Kier molecular flexibility index (Phi) is 5.81. The van der Waals surface area contributed by atoms with Gasteiger partial charge in [0.05, 0.1) is 11.8 Å². The summed E-state index contributed by atoms with van der Waals surface area (Å²) in [5, 5.41) is 4.69. The summed E-state index contributed by atoms with van der Waals surface area (Å²) in [6, 6.07) is 0.514. The number of nitrogens with zero attached hydrogens (tertiary/aromatic N) is 2. The lowest BCUT2D eigenvalue weighted by molar-refractivity contribution is 0.121. The second-order valence-corrected chi connectivity index (χ2v) is 6.81. The van der Waals surface area contributed by atoms with E-state index in [0.717, 1.165) is 38.9 Å². The Morgan fingerprint density at radius 1 is 1.50 bits per heavy atom. The van der Waals surface area contributed by atoms with Crippen LogP contribution in [0.5, 0.6) is 0 Å². The Bertz CT molecular complexity index is 419. The smallest absolute Gasteiger partial charge is 0.185 e. The molecular weight excluding hydrogens is 270 g/mol. The Morgan fingerprint density at radius 3 is 2.90 bits per heavy atom. The van der Waals surface area contributed by atoms with Gasteiger partial charge in [-0.3, -0.25) is 0 Å². The SMILES string of the molecule is CCCc1nc(N2CCC(OC)C2)sc1CNC(C)C. The van der Waals surface area contributed by atoms with Gasteiger partial charge in [0.2, 0.25) is 0 Å². The number of hydrogen-bond donors (Lipinski definition) is 1. The van der Waals surface area contributed by atoms with Crippen LogP contribution in [-0.4, -0.2) is 37.3 Å². The average molecular weight is 297 g/mol. The van der Waals surface area contributed by atoms with Gasteiger partial charge in [-0.2, -0.15) is 0 Å². The van der Waals surface area contributed by atoms with Crippen molar-refractivity contribution in [1.29, 1.82) is 0 Å². The number of anilines is 1. The first kappa shape index (κ1) is 15.7. The van der Waals surface area contributed by atoms with Crippen LogP contribution in [0.4, 0.5) is 5.13 Å². The van der Waals surface area contributed by atoms with E-state index in [2.05, 4.69) is 31.0 Å². The predicted molar refractivity (Wildman–Crippen MR) is 85.7 cm³/mol. The Hall–Kier alpha value is -0.650. The molecule has 2 heterocycles. The lowest BCUT2D eigenvalue weighted by Crippen LogP contribution is -2.22. The fourth-order valence-corrected chi connectivity index (χ4v) is 3.56. The van der Waals surface area contributed by atoms with Crippen molar-refractivity contribution in [2.75, 3.05) is 25.1 Å². The van der Waals surface area contributed by atoms with E-state index >= 15 is 0 Å². The summed E-state index contributed by atoms with van der Waals surface area (Å²) in [5.41, 5.74) is 1.28. The van der Waals surface area contributed by atoms with Crippen LogP contribution in [0.1, 0.15) is 44.2 Å². The average Bonchev–Trinajstić information content (AvgIpc) is 3.03. The van der Waals surface area contributed by atoms with Crippen molar-refractivity contribution in [2.24, 2.45) is 0 Å². The fraction of sp³-hybridized carbons (Fsp3) is 0.800. The highest BCUT2D eigenvalue weighted by atomic mass is 32.1. The molecule has 114 valence electrons. The molecule has 0 radical (unpaired) electrons. The molecule has 0 amide bonds. The van der Waals surface area contributed by atoms with Gasteiger partial charge < -0.3 is 15.0 Å². The number of methoxy groups -OCH3 is 1. The van der Waals surface area contributed by atoms with Crippen molar-refractivity contribution in [3.63, 3.8) is 0 Å². The molecule has 1 N–H and O–H groups in total. The van der Waals surface area contributed by atoms with Gasteiger partial charge in [0.1, 0.15) is 0 Å². The number of hydrogen-bond acceptors (Lipinski definition) is 5. The van der Waals surface area contributed by atoms with Gasteiger partial charge in [0.25, 0.3) is 0 Å². The Morgan fingerprint density at radius 2 is 2.30 bits per heavy atom. The van der Waals surface area contributed by atoms with Crippen molar-refractivity contribution >= 4 is 16.5 Å². The molecule has 4 nitrogen and oxygen atoms in total. The van der Waals surface area contributed by atoms with Crippen LogP contribution < -0.4 is 10.2 Å². The predicted octanol–water partition coefficient (Wildman–Crippen LogP) is 2.82. The zero-order valence-electron chi connectivity index (χ0n) is 13.1. The number of ether oxygens (including phenoxy) is 1. The zero-order valence-corrected chi connectivity index (χ0v) is 13.9. The van der Waals surface area contributed by atoms with E-state index in [1.807, 2.05) is 11.3 Å². The van der Waals surface area contributed by atoms with Crippen LogP contribution >= 0.6 is 11.3 Å². The van der Waals surface area contributed by atoms with Gasteiger partial charge in [-0.25, -0.2) is 4.98 Å². The number of thiazole rings is 1. The van der Waals surface area contributed by atoms with Crippen LogP contribution in [-0.2, 0) is 17.7 Å². The first-order chi connectivity index (χ1) is 9.63. The maximum absolute atomic E-state index is 5.45. The number of nitrogens with one attached hydrogen (secondary N) is 1. The Labute approximate surface area is 126 Å². The van der Waals surface area contributed by atoms with Gasteiger partial charge >= 0.3 is 0 Å². The summed E-state index contributed by atoms with van der Waals surface area (Å²) >= 11 is 1.85. The first-order valence-corrected chi connectivity index (χ1v) is 8.45. The molecule has 1 atom stereocenters. The fourth-order valence-electron chi connectivity index (χ4n) is 2.47. The lowest BCUT2D eigenvalue weighted by Gasteiger charge is -2.14. The lowest BCUT2D eigenvalue weighted by atomic mass is 10.2. The topological polar surface area (TPSA) is 37.4 Å². The molecule has 2 rings (SSSR count). The van der Waals surface area contributed by atoms with Crippen molar-refractivity contribution in [1.82, 2.24) is 10.3 Å². The van der Waals surface area contributed by atoms with Crippen molar-refractivity contribution in [3.8, 4) is 0 Å². The zero-order chi connectivity index (χ0) is 14.5. The van der Waals surface area contributed by atoms with Gasteiger partial charge in [0, 0.05) is 37.7 Å². The molecule has 0 aromatic carbocycles. The van der Waals surface area contributed by atoms with Gasteiger partial charge in [0.15, 0.2) is 5.13 Å². The van der Waals surface area contributed by atoms with E-state index in [4.69, 9.17) is 9.72 Å². The van der Waals surface area contributed by atoms with E-state index < -0.39 is 0 Å². The highest BCUT2D eigenvalue weighted by Gasteiger charge is 2.25. The van der Waals surface area contributed by atoms with Crippen LogP contribution in [0.3, 0.4) is 0 Å². The largest absolute Gasteiger partial charge is 0.380 e. The summed E-state index contributed by atoms with van der Waals surface area (Å²) in [6.45, 7) is 9.57. The summed E-state index contributed by atoms with van der Waals surface area (Å²) < 4.78 is 5.45. The first-order valence-electron chi connectivity index (χ1n) is 7.63. The van der Waals surface area contributed by atoms with E-state index in [1.54, 1.807) is 7.11 Å². The molecule has 0 spiro atoms. The second kappa shape index (κ2) is 7.38. The highest BCUT2D eigenvalue weighted by Crippen LogP contribution is 2.30. The normalized spacial score (nSPS) is 19.2. The summed E-state index contributed by atoms with van der Waals surface area (Å²) in [5.74, 6) is 0. The number of rotatable bonds is 7. The molecule has 0 bridgehead atoms. The molecule has 0 saturated carbocycles. The van der Waals surface area contributed by atoms with Crippen LogP contribution in [0.15, 0.2) is 0 Å². The third-order valence-electron chi connectivity index (χ3n) is 3.67. The number of aromatic nitrogens is 1. The number of aryl methyl sites for hydroxylation is 1. The molecule has 1 fully saturated rings.